The van der Waals surface area contributed by atoms with E-state index in [0.717, 1.165) is 25.0 Å². The number of hydrogen-bond acceptors (Lipinski definition) is 3. The molecule has 0 radical (unpaired) electrons. The third kappa shape index (κ3) is 3.63. The Morgan fingerprint density at radius 1 is 1.20 bits per heavy atom. The largest absolute Gasteiger partial charge is 0.573 e. The second kappa shape index (κ2) is 5.32. The zero-order valence-electron chi connectivity index (χ0n) is 10.5. The smallest absolute Gasteiger partial charge is 0.406 e. The van der Waals surface area contributed by atoms with Gasteiger partial charge in [-0.05, 0) is 49.9 Å². The van der Waals surface area contributed by atoms with Gasteiger partial charge in [-0.25, -0.2) is 0 Å². The first-order valence-electron chi connectivity index (χ1n) is 6.18. The molecule has 0 saturated heterocycles. The van der Waals surface area contributed by atoms with E-state index in [2.05, 4.69) is 10.1 Å². The van der Waals surface area contributed by atoms with Gasteiger partial charge in [0.1, 0.15) is 11.4 Å². The van der Waals surface area contributed by atoms with Crippen LogP contribution in [0.4, 0.5) is 18.9 Å². The van der Waals surface area contributed by atoms with E-state index in [-0.39, 0.29) is 5.75 Å². The number of halogens is 3. The normalized spacial score (nSPS) is 17.8. The summed E-state index contributed by atoms with van der Waals surface area (Å²) in [6.07, 6.45) is -2.39. The molecule has 1 saturated carbocycles. The van der Waals surface area contributed by atoms with Gasteiger partial charge >= 0.3 is 6.36 Å². The van der Waals surface area contributed by atoms with Gasteiger partial charge in [-0.1, -0.05) is 0 Å². The molecule has 4 nitrogen and oxygen atoms in total. The van der Waals surface area contributed by atoms with Gasteiger partial charge < -0.3 is 15.2 Å². The minimum atomic E-state index is -4.75. The Kier molecular flexibility index (Phi) is 3.89. The van der Waals surface area contributed by atoms with Gasteiger partial charge in [0, 0.05) is 5.69 Å². The van der Waals surface area contributed by atoms with Crippen LogP contribution in [0.1, 0.15) is 25.7 Å². The molecular weight excluding hydrogens is 275 g/mol. The second-order valence-corrected chi connectivity index (χ2v) is 4.76. The van der Waals surface area contributed by atoms with Crippen molar-refractivity contribution in [3.05, 3.63) is 24.3 Å². The highest BCUT2D eigenvalue weighted by molar-refractivity contribution is 5.97. The average molecular weight is 289 g/mol. The van der Waals surface area contributed by atoms with Crippen LogP contribution in [-0.2, 0) is 4.79 Å². The third-order valence-electron chi connectivity index (χ3n) is 3.20. The number of ether oxygens (including phenoxy) is 1. The van der Waals surface area contributed by atoms with E-state index in [9.17, 15) is 23.1 Å². The van der Waals surface area contributed by atoms with Gasteiger partial charge in [0.05, 0.1) is 0 Å². The predicted molar refractivity (Wildman–Crippen MR) is 65.2 cm³/mol. The van der Waals surface area contributed by atoms with Crippen molar-refractivity contribution in [2.75, 3.05) is 5.32 Å². The highest BCUT2D eigenvalue weighted by atomic mass is 19.4. The topological polar surface area (TPSA) is 58.6 Å². The first-order valence-corrected chi connectivity index (χ1v) is 6.18. The predicted octanol–water partition coefficient (Wildman–Crippen LogP) is 2.83. The molecule has 110 valence electrons. The average Bonchev–Trinajstić information content (AvgIpc) is 2.78. The summed E-state index contributed by atoms with van der Waals surface area (Å²) in [5.41, 5.74) is -1.06. The minimum absolute atomic E-state index is 0.310. The first-order chi connectivity index (χ1) is 9.28. The summed E-state index contributed by atoms with van der Waals surface area (Å²) in [5, 5.41) is 12.5. The molecular formula is C13H14F3NO3. The Morgan fingerprint density at radius 2 is 1.75 bits per heavy atom. The molecule has 7 heteroatoms. The van der Waals surface area contributed by atoms with Crippen molar-refractivity contribution in [2.24, 2.45) is 0 Å². The van der Waals surface area contributed by atoms with Crippen LogP contribution in [0.2, 0.25) is 0 Å². The van der Waals surface area contributed by atoms with Gasteiger partial charge in [-0.3, -0.25) is 4.79 Å². The number of carbonyl (C=O) groups excluding carboxylic acids is 1. The monoisotopic (exact) mass is 289 g/mol. The summed E-state index contributed by atoms with van der Waals surface area (Å²) >= 11 is 0. The Balaban J connectivity index is 1.98. The lowest BCUT2D eigenvalue weighted by molar-refractivity contribution is -0.274. The summed E-state index contributed by atoms with van der Waals surface area (Å²) in [4.78, 5) is 11.9. The number of hydrogen-bond donors (Lipinski definition) is 2. The molecule has 1 aliphatic rings. The Bertz CT molecular complexity index is 479. The maximum atomic E-state index is 12.0. The summed E-state index contributed by atoms with van der Waals surface area (Å²) in [7, 11) is 0. The van der Waals surface area contributed by atoms with Crippen molar-refractivity contribution in [3.63, 3.8) is 0 Å². The van der Waals surface area contributed by atoms with Crippen LogP contribution >= 0.6 is 0 Å². The quantitative estimate of drug-likeness (QED) is 0.899. The maximum absolute atomic E-state index is 12.0. The molecule has 20 heavy (non-hydrogen) atoms. The van der Waals surface area contributed by atoms with E-state index >= 15 is 0 Å². The molecule has 0 unspecified atom stereocenters. The fraction of sp³-hybridized carbons (Fsp3) is 0.462. The van der Waals surface area contributed by atoms with Crippen LogP contribution in [0.25, 0.3) is 0 Å². The van der Waals surface area contributed by atoms with Gasteiger partial charge in [0.15, 0.2) is 0 Å². The Morgan fingerprint density at radius 3 is 2.25 bits per heavy atom. The van der Waals surface area contributed by atoms with Gasteiger partial charge in [-0.2, -0.15) is 0 Å². The molecule has 0 atom stereocenters. The number of alkyl halides is 3. The number of amides is 1. The van der Waals surface area contributed by atoms with E-state index in [1.165, 1.54) is 12.1 Å². The van der Waals surface area contributed by atoms with Crippen LogP contribution in [-0.4, -0.2) is 23.0 Å². The van der Waals surface area contributed by atoms with Gasteiger partial charge in [-0.15, -0.1) is 13.2 Å². The molecule has 0 aliphatic heterocycles. The van der Waals surface area contributed by atoms with Gasteiger partial charge in [0.25, 0.3) is 5.91 Å². The van der Waals surface area contributed by atoms with E-state index < -0.39 is 17.9 Å². The molecule has 0 aromatic heterocycles. The Hall–Kier alpha value is -1.76. The fourth-order valence-corrected chi connectivity index (χ4v) is 2.17. The van der Waals surface area contributed by atoms with Gasteiger partial charge in [0.2, 0.25) is 0 Å². The lowest BCUT2D eigenvalue weighted by Crippen LogP contribution is -2.40. The van der Waals surface area contributed by atoms with Crippen LogP contribution in [0, 0.1) is 0 Å². The van der Waals surface area contributed by atoms with Crippen molar-refractivity contribution in [1.82, 2.24) is 0 Å². The maximum Gasteiger partial charge on any atom is 0.573 e. The van der Waals surface area contributed by atoms with E-state index in [1.807, 2.05) is 0 Å². The second-order valence-electron chi connectivity index (χ2n) is 4.76. The Labute approximate surface area is 113 Å². The number of carbonyl (C=O) groups is 1. The standard InChI is InChI=1S/C13H14F3NO3/c14-13(15,16)20-10-5-3-9(4-6-10)17-11(18)12(19)7-1-2-8-12/h3-6,19H,1-2,7-8H2,(H,17,18). The molecule has 2 rings (SSSR count). The highest BCUT2D eigenvalue weighted by Gasteiger charge is 2.38. The van der Waals surface area contributed by atoms with Crippen molar-refractivity contribution < 1.29 is 27.8 Å². The number of benzene rings is 1. The summed E-state index contributed by atoms with van der Waals surface area (Å²) in [6.45, 7) is 0. The van der Waals surface area contributed by atoms with Crippen molar-refractivity contribution in [1.29, 1.82) is 0 Å². The summed E-state index contributed by atoms with van der Waals surface area (Å²) in [5.74, 6) is -0.894. The zero-order valence-corrected chi connectivity index (χ0v) is 10.5. The first kappa shape index (κ1) is 14.6. The zero-order chi connectivity index (χ0) is 14.8. The molecule has 0 heterocycles. The van der Waals surface area contributed by atoms with E-state index in [1.54, 1.807) is 0 Å². The summed E-state index contributed by atoms with van der Waals surface area (Å²) in [6, 6.07) is 4.78. The molecule has 1 aromatic carbocycles. The van der Waals surface area contributed by atoms with Crippen LogP contribution in [0.5, 0.6) is 5.75 Å². The molecule has 1 amide bonds. The highest BCUT2D eigenvalue weighted by Crippen LogP contribution is 2.31. The van der Waals surface area contributed by atoms with E-state index in [4.69, 9.17) is 0 Å². The van der Waals surface area contributed by atoms with Crippen LogP contribution in [0.15, 0.2) is 24.3 Å². The lowest BCUT2D eigenvalue weighted by atomic mass is 10.0. The lowest BCUT2D eigenvalue weighted by Gasteiger charge is -2.21. The fourth-order valence-electron chi connectivity index (χ4n) is 2.17. The van der Waals surface area contributed by atoms with Crippen LogP contribution in [0.3, 0.4) is 0 Å². The van der Waals surface area contributed by atoms with Crippen molar-refractivity contribution in [3.8, 4) is 5.75 Å². The molecule has 1 aromatic rings. The molecule has 0 bridgehead atoms. The van der Waals surface area contributed by atoms with Crippen LogP contribution < -0.4 is 10.1 Å². The number of anilines is 1. The van der Waals surface area contributed by atoms with E-state index in [0.29, 0.717) is 18.5 Å². The number of aliphatic hydroxyl groups is 1. The molecule has 1 aliphatic carbocycles. The molecule has 1 fully saturated rings. The summed E-state index contributed by atoms with van der Waals surface area (Å²) < 4.78 is 39.7. The number of rotatable bonds is 3. The van der Waals surface area contributed by atoms with Crippen molar-refractivity contribution >= 4 is 11.6 Å². The SMILES string of the molecule is O=C(Nc1ccc(OC(F)(F)F)cc1)C1(O)CCCC1. The molecule has 2 N–H and O–H groups in total. The number of nitrogens with one attached hydrogen (secondary N) is 1. The third-order valence-corrected chi connectivity index (χ3v) is 3.20. The minimum Gasteiger partial charge on any atom is -0.406 e. The molecule has 0 spiro atoms. The van der Waals surface area contributed by atoms with Crippen molar-refractivity contribution in [2.45, 2.75) is 37.6 Å².